The topological polar surface area (TPSA) is 31.6 Å². The Morgan fingerprint density at radius 3 is 1.15 bits per heavy atom. The Hall–Kier alpha value is -3.36. The van der Waals surface area contributed by atoms with Gasteiger partial charge in [-0.15, -0.1) is 69.1 Å². The molecule has 0 saturated carbocycles. The molecular formula is C34H24Cl2N2Zr. The van der Waals surface area contributed by atoms with Gasteiger partial charge in [-0.1, -0.05) is 84.9 Å². The van der Waals surface area contributed by atoms with E-state index in [1.807, 2.05) is 0 Å². The van der Waals surface area contributed by atoms with Crippen molar-refractivity contribution in [1.82, 2.24) is 9.97 Å². The minimum absolute atomic E-state index is 0. The number of rotatable bonds is 2. The van der Waals surface area contributed by atoms with Gasteiger partial charge < -0.3 is 34.8 Å². The molecule has 2 N–H and O–H groups in total. The van der Waals surface area contributed by atoms with Crippen molar-refractivity contribution in [2.45, 2.75) is 0 Å². The van der Waals surface area contributed by atoms with E-state index in [-0.39, 0.29) is 51.0 Å². The second-order valence-electron chi connectivity index (χ2n) is 9.29. The summed E-state index contributed by atoms with van der Waals surface area (Å²) in [5.74, 6) is 0. The van der Waals surface area contributed by atoms with Crippen molar-refractivity contribution in [2.75, 3.05) is 0 Å². The fraction of sp³-hybridized carbons (Fsp3) is 0. The third-order valence-corrected chi connectivity index (χ3v) is 6.92. The van der Waals surface area contributed by atoms with Crippen molar-refractivity contribution in [3.8, 4) is 22.5 Å². The summed E-state index contributed by atoms with van der Waals surface area (Å²) in [6.45, 7) is 0. The number of aromatic nitrogens is 2. The van der Waals surface area contributed by atoms with E-state index in [9.17, 15) is 0 Å². The summed E-state index contributed by atoms with van der Waals surface area (Å²) in [4.78, 5) is 6.95. The standard InChI is InChI=1S/2C17H12N.2ClH.Zr/c2*1-2-6-13-10-15(9-12(13)5-1)17-11-14-7-3-4-8-16(14)18-17;;;/h2*1-11,18H;2*1H;/q2*-1;;;+4/p-2. The number of hydrogen-bond donors (Lipinski definition) is 2. The SMILES string of the molecule is [Cl-].[Cl-].[Zr+4].c1ccc2[cH-]c(-c3cc4ccccc4[nH]3)cc2c1.c1ccc2[cH-]c(-c3cc4ccccc4[nH]3)cc2c1. The summed E-state index contributed by atoms with van der Waals surface area (Å²) in [7, 11) is 0. The molecule has 8 rings (SSSR count). The Balaban J connectivity index is 0.000000168. The van der Waals surface area contributed by atoms with Crippen LogP contribution < -0.4 is 24.8 Å². The quantitative estimate of drug-likeness (QED) is 0.277. The number of hydrogen-bond acceptors (Lipinski definition) is 0. The largest absolute Gasteiger partial charge is 4.00 e. The first-order valence-corrected chi connectivity index (χ1v) is 12.3. The first-order valence-electron chi connectivity index (χ1n) is 12.3. The minimum atomic E-state index is 0. The average molecular weight is 623 g/mol. The van der Waals surface area contributed by atoms with Crippen molar-refractivity contribution in [3.63, 3.8) is 0 Å². The fourth-order valence-corrected chi connectivity index (χ4v) is 5.07. The number of nitrogens with one attached hydrogen (secondary N) is 2. The van der Waals surface area contributed by atoms with Crippen molar-refractivity contribution < 1.29 is 51.0 Å². The predicted octanol–water partition coefficient (Wildman–Crippen LogP) is 3.42. The number of fused-ring (bicyclic) bond motifs is 4. The van der Waals surface area contributed by atoms with Crippen molar-refractivity contribution in [2.24, 2.45) is 0 Å². The third kappa shape index (κ3) is 5.68. The summed E-state index contributed by atoms with van der Waals surface area (Å²) < 4.78 is 0. The van der Waals surface area contributed by atoms with Gasteiger partial charge in [0.2, 0.25) is 0 Å². The summed E-state index contributed by atoms with van der Waals surface area (Å²) in [6, 6.07) is 47.1. The molecule has 0 amide bonds. The molecule has 0 atom stereocenters. The molecule has 0 spiro atoms. The third-order valence-electron chi connectivity index (χ3n) is 6.92. The number of H-pyrrole nitrogens is 2. The Bertz CT molecular complexity index is 1550. The molecule has 5 heteroatoms. The zero-order valence-corrected chi connectivity index (χ0v) is 24.9. The van der Waals surface area contributed by atoms with E-state index in [1.54, 1.807) is 0 Å². The molecule has 0 saturated heterocycles. The molecule has 0 aliphatic heterocycles. The Kier molecular flexibility index (Phi) is 8.98. The van der Waals surface area contributed by atoms with Gasteiger partial charge in [0.05, 0.1) is 0 Å². The molecule has 0 bridgehead atoms. The van der Waals surface area contributed by atoms with E-state index >= 15 is 0 Å². The fourth-order valence-electron chi connectivity index (χ4n) is 5.07. The average Bonchev–Trinajstić information content (AvgIpc) is 3.70. The van der Waals surface area contributed by atoms with Crippen LogP contribution in [0.2, 0.25) is 0 Å². The zero-order valence-electron chi connectivity index (χ0n) is 21.0. The molecule has 2 heterocycles. The van der Waals surface area contributed by atoms with E-state index in [0.717, 1.165) is 0 Å². The Morgan fingerprint density at radius 1 is 0.410 bits per heavy atom. The van der Waals surface area contributed by atoms with Crippen LogP contribution >= 0.6 is 0 Å². The number of benzene rings is 4. The van der Waals surface area contributed by atoms with Crippen LogP contribution in [0.15, 0.2) is 133 Å². The van der Waals surface area contributed by atoms with E-state index < -0.39 is 0 Å². The maximum absolute atomic E-state index is 3.47. The summed E-state index contributed by atoms with van der Waals surface area (Å²) in [5, 5.41) is 7.71. The maximum atomic E-state index is 3.47. The van der Waals surface area contributed by atoms with Gasteiger partial charge in [-0.3, -0.25) is 0 Å². The molecule has 188 valence electrons. The van der Waals surface area contributed by atoms with Gasteiger partial charge in [0.15, 0.2) is 0 Å². The summed E-state index contributed by atoms with van der Waals surface area (Å²) in [5.41, 5.74) is 7.27. The van der Waals surface area contributed by atoms with Gasteiger partial charge in [0.25, 0.3) is 0 Å². The van der Waals surface area contributed by atoms with Gasteiger partial charge in [-0.2, -0.15) is 0 Å². The number of para-hydroxylation sites is 2. The molecule has 2 aromatic heterocycles. The van der Waals surface area contributed by atoms with Crippen LogP contribution in [-0.4, -0.2) is 9.97 Å². The van der Waals surface area contributed by atoms with Gasteiger partial charge >= 0.3 is 26.2 Å². The van der Waals surface area contributed by atoms with Gasteiger partial charge in [-0.05, 0) is 34.3 Å². The van der Waals surface area contributed by atoms with Gasteiger partial charge in [0.1, 0.15) is 0 Å². The molecule has 0 unspecified atom stereocenters. The van der Waals surface area contributed by atoms with Gasteiger partial charge in [0, 0.05) is 11.0 Å². The van der Waals surface area contributed by atoms with E-state index in [2.05, 4.69) is 143 Å². The first-order chi connectivity index (χ1) is 17.8. The normalized spacial score (nSPS) is 10.5. The maximum Gasteiger partial charge on any atom is 4.00 e. The van der Waals surface area contributed by atoms with Crippen LogP contribution in [0.3, 0.4) is 0 Å². The van der Waals surface area contributed by atoms with Crippen molar-refractivity contribution >= 4 is 43.4 Å². The molecule has 39 heavy (non-hydrogen) atoms. The minimum Gasteiger partial charge on any atom is -1.00 e. The van der Waals surface area contributed by atoms with Crippen LogP contribution in [0.25, 0.3) is 65.9 Å². The molecule has 8 aromatic rings. The molecule has 2 nitrogen and oxygen atoms in total. The second-order valence-corrected chi connectivity index (χ2v) is 9.29. The Labute approximate surface area is 258 Å². The molecule has 0 radical (unpaired) electrons. The molecule has 0 aliphatic rings. The monoisotopic (exact) mass is 620 g/mol. The molecule has 0 fully saturated rings. The van der Waals surface area contributed by atoms with Crippen molar-refractivity contribution in [1.29, 1.82) is 0 Å². The molecule has 6 aromatic carbocycles. The number of aromatic amines is 2. The second kappa shape index (κ2) is 12.2. The van der Waals surface area contributed by atoms with Crippen LogP contribution in [0, 0.1) is 0 Å². The van der Waals surface area contributed by atoms with E-state index in [4.69, 9.17) is 0 Å². The van der Waals surface area contributed by atoms with Crippen molar-refractivity contribution in [3.05, 3.63) is 133 Å². The first kappa shape index (κ1) is 28.6. The molecule has 0 aliphatic carbocycles. The molecular weight excluding hydrogens is 599 g/mol. The van der Waals surface area contributed by atoms with Crippen LogP contribution in [0.4, 0.5) is 0 Å². The van der Waals surface area contributed by atoms with Crippen LogP contribution in [0.1, 0.15) is 0 Å². The van der Waals surface area contributed by atoms with Gasteiger partial charge in [-0.25, -0.2) is 0 Å². The van der Waals surface area contributed by atoms with E-state index in [0.29, 0.717) is 0 Å². The smallest absolute Gasteiger partial charge is 1.00 e. The van der Waals surface area contributed by atoms with Crippen LogP contribution in [-0.2, 0) is 26.2 Å². The summed E-state index contributed by atoms with van der Waals surface area (Å²) >= 11 is 0. The van der Waals surface area contributed by atoms with E-state index in [1.165, 1.54) is 65.9 Å². The predicted molar refractivity (Wildman–Crippen MR) is 154 cm³/mol. The zero-order chi connectivity index (χ0) is 23.9. The summed E-state index contributed by atoms with van der Waals surface area (Å²) in [6.07, 6.45) is 0. The Morgan fingerprint density at radius 2 is 0.769 bits per heavy atom. The van der Waals surface area contributed by atoms with Crippen LogP contribution in [0.5, 0.6) is 0 Å². The number of halogens is 2.